The summed E-state index contributed by atoms with van der Waals surface area (Å²) in [5, 5.41) is 0.0694. The van der Waals surface area contributed by atoms with E-state index in [-0.39, 0.29) is 5.16 Å². The van der Waals surface area contributed by atoms with Gasteiger partial charge in [-0.1, -0.05) is 6.92 Å². The monoisotopic (exact) mass is 207 g/mol. The molecule has 73 valence electrons. The molecule has 0 bridgehead atoms. The highest BCUT2D eigenvalue weighted by Crippen LogP contribution is 2.30. The van der Waals surface area contributed by atoms with Crippen LogP contribution in [0.15, 0.2) is 0 Å². The van der Waals surface area contributed by atoms with Crippen LogP contribution < -0.4 is 0 Å². The molecule has 0 aliphatic rings. The maximum Gasteiger partial charge on any atom is 0.336 e. The first kappa shape index (κ1) is 12.3. The molecule has 1 radical (unpaired) electrons. The molecule has 0 rings (SSSR count). The van der Waals surface area contributed by atoms with E-state index in [0.717, 1.165) is 0 Å². The predicted octanol–water partition coefficient (Wildman–Crippen LogP) is 1.92. The van der Waals surface area contributed by atoms with E-state index in [0.29, 0.717) is 0 Å². The number of hydrogen-bond donors (Lipinski definition) is 0. The van der Waals surface area contributed by atoms with Crippen LogP contribution in [0.4, 0.5) is 0 Å². The standard InChI is InChI=1S/C7H19O3Si2/c1-7(11(4,5)8)12(6,9-2)10-3/h7H,1-6H3. The van der Waals surface area contributed by atoms with E-state index < -0.39 is 16.9 Å². The predicted molar refractivity (Wildman–Crippen MR) is 53.2 cm³/mol. The Balaban J connectivity index is 4.53. The molecule has 0 spiro atoms. The summed E-state index contributed by atoms with van der Waals surface area (Å²) in [4.78, 5) is 11.8. The van der Waals surface area contributed by atoms with Crippen LogP contribution in [0.25, 0.3) is 0 Å². The lowest BCUT2D eigenvalue weighted by molar-refractivity contribution is 0.242. The summed E-state index contributed by atoms with van der Waals surface area (Å²) < 4.78 is 10.7. The third-order valence-electron chi connectivity index (χ3n) is 2.64. The molecule has 0 amide bonds. The van der Waals surface area contributed by atoms with Crippen LogP contribution in [0.5, 0.6) is 0 Å². The van der Waals surface area contributed by atoms with Crippen LogP contribution in [0.2, 0.25) is 24.8 Å². The van der Waals surface area contributed by atoms with Crippen molar-refractivity contribution in [3.05, 3.63) is 0 Å². The molecule has 0 aromatic rings. The van der Waals surface area contributed by atoms with Crippen LogP contribution in [0, 0.1) is 0 Å². The van der Waals surface area contributed by atoms with Crippen molar-refractivity contribution >= 4 is 16.9 Å². The molecule has 0 N–H and O–H groups in total. The molecule has 0 fully saturated rings. The Morgan fingerprint density at radius 3 is 1.50 bits per heavy atom. The van der Waals surface area contributed by atoms with Crippen LogP contribution in [-0.2, 0) is 13.6 Å². The lowest BCUT2D eigenvalue weighted by Crippen LogP contribution is -2.51. The van der Waals surface area contributed by atoms with E-state index in [4.69, 9.17) is 8.85 Å². The minimum Gasteiger partial charge on any atom is -0.398 e. The second-order valence-electron chi connectivity index (χ2n) is 3.75. The molecule has 0 saturated carbocycles. The van der Waals surface area contributed by atoms with Gasteiger partial charge >= 0.3 is 8.56 Å². The summed E-state index contributed by atoms with van der Waals surface area (Å²) >= 11 is 0. The van der Waals surface area contributed by atoms with Crippen LogP contribution in [0.1, 0.15) is 6.92 Å². The molecule has 1 atom stereocenters. The fraction of sp³-hybridized carbons (Fsp3) is 1.00. The molecule has 0 heterocycles. The molecule has 0 aromatic heterocycles. The Kier molecular flexibility index (Phi) is 4.12. The minimum absolute atomic E-state index is 0.0694. The van der Waals surface area contributed by atoms with E-state index in [1.807, 2.05) is 13.5 Å². The van der Waals surface area contributed by atoms with Gasteiger partial charge in [-0.2, -0.15) is 0 Å². The van der Waals surface area contributed by atoms with Gasteiger partial charge in [0.1, 0.15) is 0 Å². The van der Waals surface area contributed by atoms with Gasteiger partial charge in [-0.3, -0.25) is 4.80 Å². The average molecular weight is 207 g/mol. The van der Waals surface area contributed by atoms with E-state index in [9.17, 15) is 4.80 Å². The summed E-state index contributed by atoms with van der Waals surface area (Å²) in [6, 6.07) is 0. The van der Waals surface area contributed by atoms with Crippen molar-refractivity contribution in [2.24, 2.45) is 0 Å². The third kappa shape index (κ3) is 2.67. The fourth-order valence-corrected chi connectivity index (χ4v) is 7.70. The largest absolute Gasteiger partial charge is 0.398 e. The molecule has 0 aromatic carbocycles. The number of hydrogen-bond acceptors (Lipinski definition) is 2. The maximum absolute atomic E-state index is 11.8. The molecule has 0 aliphatic heterocycles. The zero-order chi connectivity index (χ0) is 9.99. The quantitative estimate of drug-likeness (QED) is 0.661. The second-order valence-corrected chi connectivity index (χ2v) is 12.1. The Bertz CT molecular complexity index is 140. The smallest absolute Gasteiger partial charge is 0.336 e. The summed E-state index contributed by atoms with van der Waals surface area (Å²) in [5.74, 6) is 0. The SMILES string of the molecule is CO[Si](C)(OC)C(C)[Si](C)(C)[O]. The Hall–Kier alpha value is 0.314. The van der Waals surface area contributed by atoms with E-state index in [1.54, 1.807) is 27.3 Å². The highest BCUT2D eigenvalue weighted by atomic mass is 28.4. The molecule has 1 unspecified atom stereocenters. The van der Waals surface area contributed by atoms with Gasteiger partial charge in [0.15, 0.2) is 0 Å². The van der Waals surface area contributed by atoms with Gasteiger partial charge in [0, 0.05) is 19.4 Å². The molecule has 12 heavy (non-hydrogen) atoms. The van der Waals surface area contributed by atoms with Gasteiger partial charge in [-0.25, -0.2) is 0 Å². The Morgan fingerprint density at radius 1 is 1.08 bits per heavy atom. The average Bonchev–Trinajstić information content (AvgIpc) is 2.00. The number of rotatable bonds is 4. The highest BCUT2D eigenvalue weighted by Gasteiger charge is 2.47. The van der Waals surface area contributed by atoms with E-state index in [2.05, 4.69) is 0 Å². The Labute approximate surface area is 77.1 Å². The van der Waals surface area contributed by atoms with Crippen molar-refractivity contribution in [3.63, 3.8) is 0 Å². The molecule has 3 nitrogen and oxygen atoms in total. The van der Waals surface area contributed by atoms with Crippen LogP contribution in [-0.4, -0.2) is 31.1 Å². The zero-order valence-corrected chi connectivity index (χ0v) is 10.8. The third-order valence-corrected chi connectivity index (χ3v) is 11.6. The van der Waals surface area contributed by atoms with Crippen LogP contribution >= 0.6 is 0 Å². The second kappa shape index (κ2) is 4.01. The lowest BCUT2D eigenvalue weighted by atomic mass is 10.9. The van der Waals surface area contributed by atoms with Crippen molar-refractivity contribution in [1.29, 1.82) is 0 Å². The maximum atomic E-state index is 11.8. The lowest BCUT2D eigenvalue weighted by Gasteiger charge is -2.33. The van der Waals surface area contributed by atoms with Gasteiger partial charge in [0.2, 0.25) is 8.32 Å². The molecule has 5 heteroatoms. The first-order valence-corrected chi connectivity index (χ1v) is 9.46. The van der Waals surface area contributed by atoms with Gasteiger partial charge in [-0.15, -0.1) is 0 Å². The molecule has 0 saturated heterocycles. The molecular formula is C7H19O3Si2. The normalized spacial score (nSPS) is 16.2. The summed E-state index contributed by atoms with van der Waals surface area (Å²) in [7, 11) is -1.30. The summed E-state index contributed by atoms with van der Waals surface area (Å²) in [6.45, 7) is 7.52. The zero-order valence-electron chi connectivity index (χ0n) is 8.80. The first-order valence-electron chi connectivity index (χ1n) is 4.08. The van der Waals surface area contributed by atoms with Gasteiger partial charge in [0.05, 0.1) is 0 Å². The summed E-state index contributed by atoms with van der Waals surface area (Å²) in [5.41, 5.74) is 0. The first-order chi connectivity index (χ1) is 5.28. The van der Waals surface area contributed by atoms with Gasteiger partial charge in [0.25, 0.3) is 0 Å². The molecule has 0 aliphatic carbocycles. The minimum atomic E-state index is -2.38. The van der Waals surface area contributed by atoms with E-state index in [1.165, 1.54) is 0 Å². The molecular weight excluding hydrogens is 188 g/mol. The highest BCUT2D eigenvalue weighted by molar-refractivity contribution is 6.88. The van der Waals surface area contributed by atoms with E-state index >= 15 is 0 Å². The van der Waals surface area contributed by atoms with Gasteiger partial charge < -0.3 is 8.85 Å². The van der Waals surface area contributed by atoms with Crippen molar-refractivity contribution in [2.75, 3.05) is 14.2 Å². The topological polar surface area (TPSA) is 38.4 Å². The van der Waals surface area contributed by atoms with Crippen molar-refractivity contribution in [3.8, 4) is 0 Å². The summed E-state index contributed by atoms with van der Waals surface area (Å²) in [6.07, 6.45) is 0. The van der Waals surface area contributed by atoms with Crippen molar-refractivity contribution < 1.29 is 13.6 Å². The van der Waals surface area contributed by atoms with Crippen molar-refractivity contribution in [2.45, 2.75) is 31.7 Å². The Morgan fingerprint density at radius 2 is 1.42 bits per heavy atom. The van der Waals surface area contributed by atoms with Gasteiger partial charge in [-0.05, 0) is 19.6 Å². The fourth-order valence-electron chi connectivity index (χ4n) is 1.07. The van der Waals surface area contributed by atoms with Crippen molar-refractivity contribution in [1.82, 2.24) is 0 Å². The van der Waals surface area contributed by atoms with Crippen LogP contribution in [0.3, 0.4) is 0 Å².